The van der Waals surface area contributed by atoms with Gasteiger partial charge in [0.15, 0.2) is 0 Å². The molecule has 0 aliphatic rings. The Morgan fingerprint density at radius 2 is 1.85 bits per heavy atom. The summed E-state index contributed by atoms with van der Waals surface area (Å²) in [6, 6.07) is 10.9. The summed E-state index contributed by atoms with van der Waals surface area (Å²) in [7, 11) is 0. The van der Waals surface area contributed by atoms with Gasteiger partial charge in [0.05, 0.1) is 5.69 Å². The molecule has 0 bridgehead atoms. The number of aliphatic imine (C=N–C) groups is 1. The molecule has 0 saturated carbocycles. The van der Waals surface area contributed by atoms with Crippen molar-refractivity contribution in [2.75, 3.05) is 0 Å². The molecule has 0 saturated heterocycles. The van der Waals surface area contributed by atoms with Crippen LogP contribution >= 0.6 is 15.9 Å². The minimum absolute atomic E-state index is 0.0734. The molecule has 0 aliphatic heterocycles. The van der Waals surface area contributed by atoms with Crippen LogP contribution in [0.3, 0.4) is 0 Å². The van der Waals surface area contributed by atoms with E-state index in [9.17, 15) is 13.9 Å². The minimum atomic E-state index is -2.84. The molecule has 3 nitrogen and oxygen atoms in total. The van der Waals surface area contributed by atoms with Crippen LogP contribution in [0, 0.1) is 0 Å². The predicted molar refractivity (Wildman–Crippen MR) is 76.1 cm³/mol. The minimum Gasteiger partial charge on any atom is -0.507 e. The third-order valence-corrected chi connectivity index (χ3v) is 2.90. The van der Waals surface area contributed by atoms with Crippen LogP contribution in [-0.4, -0.2) is 17.9 Å². The number of halogens is 3. The third kappa shape index (κ3) is 4.03. The van der Waals surface area contributed by atoms with Gasteiger partial charge in [-0.05, 0) is 42.5 Å². The molecule has 0 unspecified atom stereocenters. The number of rotatable bonds is 4. The maximum absolute atomic E-state index is 12.0. The van der Waals surface area contributed by atoms with Gasteiger partial charge in [-0.3, -0.25) is 4.99 Å². The van der Waals surface area contributed by atoms with Gasteiger partial charge in [-0.2, -0.15) is 8.78 Å². The second-order valence-corrected chi connectivity index (χ2v) is 4.75. The number of aromatic hydroxyl groups is 1. The van der Waals surface area contributed by atoms with Gasteiger partial charge in [0.25, 0.3) is 0 Å². The maximum Gasteiger partial charge on any atom is 0.387 e. The molecule has 2 aromatic rings. The largest absolute Gasteiger partial charge is 0.507 e. The number of benzene rings is 2. The van der Waals surface area contributed by atoms with Crippen molar-refractivity contribution >= 4 is 27.8 Å². The normalized spacial score (nSPS) is 11.2. The van der Waals surface area contributed by atoms with Crippen molar-refractivity contribution in [2.24, 2.45) is 4.99 Å². The Kier molecular flexibility index (Phi) is 4.68. The molecule has 0 fully saturated rings. The summed E-state index contributed by atoms with van der Waals surface area (Å²) in [5.74, 6) is 0.179. The predicted octanol–water partition coefficient (Wildman–Crippen LogP) is 4.51. The Morgan fingerprint density at radius 3 is 2.50 bits per heavy atom. The third-order valence-electron chi connectivity index (χ3n) is 2.40. The summed E-state index contributed by atoms with van der Waals surface area (Å²) >= 11 is 3.29. The molecule has 2 aromatic carbocycles. The highest BCUT2D eigenvalue weighted by molar-refractivity contribution is 9.10. The van der Waals surface area contributed by atoms with E-state index in [2.05, 4.69) is 25.7 Å². The van der Waals surface area contributed by atoms with E-state index in [1.165, 1.54) is 18.3 Å². The molecule has 104 valence electrons. The lowest BCUT2D eigenvalue weighted by atomic mass is 10.2. The molecule has 6 heteroatoms. The number of phenols is 1. The lowest BCUT2D eigenvalue weighted by Gasteiger charge is -2.03. The van der Waals surface area contributed by atoms with Crippen LogP contribution in [0.2, 0.25) is 0 Å². The van der Waals surface area contributed by atoms with Crippen LogP contribution in [0.5, 0.6) is 11.5 Å². The lowest BCUT2D eigenvalue weighted by molar-refractivity contribution is -0.0498. The summed E-state index contributed by atoms with van der Waals surface area (Å²) in [5, 5.41) is 9.64. The molecule has 2 rings (SSSR count). The molecule has 0 atom stereocenters. The molecule has 0 radical (unpaired) electrons. The van der Waals surface area contributed by atoms with Crippen molar-refractivity contribution in [1.82, 2.24) is 0 Å². The number of ether oxygens (including phenoxy) is 1. The van der Waals surface area contributed by atoms with E-state index in [-0.39, 0.29) is 11.5 Å². The molecule has 20 heavy (non-hydrogen) atoms. The van der Waals surface area contributed by atoms with Crippen LogP contribution in [0.15, 0.2) is 51.9 Å². The second kappa shape index (κ2) is 6.47. The maximum atomic E-state index is 12.0. The fourth-order valence-corrected chi connectivity index (χ4v) is 1.87. The fraction of sp³-hybridized carbons (Fsp3) is 0.0714. The summed E-state index contributed by atoms with van der Waals surface area (Å²) in [6.45, 7) is -2.84. The van der Waals surface area contributed by atoms with Crippen molar-refractivity contribution < 1.29 is 18.6 Å². The smallest absolute Gasteiger partial charge is 0.387 e. The molecule has 0 spiro atoms. The van der Waals surface area contributed by atoms with Gasteiger partial charge in [-0.25, -0.2) is 0 Å². The summed E-state index contributed by atoms with van der Waals surface area (Å²) in [4.78, 5) is 4.15. The van der Waals surface area contributed by atoms with Gasteiger partial charge >= 0.3 is 6.61 Å². The van der Waals surface area contributed by atoms with Crippen molar-refractivity contribution in [2.45, 2.75) is 6.61 Å². The van der Waals surface area contributed by atoms with E-state index in [1.807, 2.05) is 0 Å². The highest BCUT2D eigenvalue weighted by Crippen LogP contribution is 2.23. The Bertz CT molecular complexity index is 615. The zero-order valence-electron chi connectivity index (χ0n) is 10.1. The quantitative estimate of drug-likeness (QED) is 0.831. The molecule has 0 aliphatic carbocycles. The average molecular weight is 342 g/mol. The van der Waals surface area contributed by atoms with Crippen LogP contribution in [0.25, 0.3) is 0 Å². The molecular formula is C14H10BrF2NO2. The topological polar surface area (TPSA) is 41.8 Å². The molecule has 1 N–H and O–H groups in total. The first-order valence-electron chi connectivity index (χ1n) is 5.62. The number of hydrogen-bond acceptors (Lipinski definition) is 3. The average Bonchev–Trinajstić information content (AvgIpc) is 2.41. The van der Waals surface area contributed by atoms with E-state index in [4.69, 9.17) is 0 Å². The fourth-order valence-electron chi connectivity index (χ4n) is 1.49. The van der Waals surface area contributed by atoms with Gasteiger partial charge in [-0.1, -0.05) is 15.9 Å². The van der Waals surface area contributed by atoms with E-state index >= 15 is 0 Å². The summed E-state index contributed by atoms with van der Waals surface area (Å²) in [6.07, 6.45) is 1.49. The van der Waals surface area contributed by atoms with E-state index in [1.54, 1.807) is 30.3 Å². The Labute approximate surface area is 122 Å². The summed E-state index contributed by atoms with van der Waals surface area (Å²) < 4.78 is 29.0. The van der Waals surface area contributed by atoms with Crippen molar-refractivity contribution in [3.8, 4) is 11.5 Å². The Morgan fingerprint density at radius 1 is 1.15 bits per heavy atom. The van der Waals surface area contributed by atoms with E-state index in [0.29, 0.717) is 11.3 Å². The number of phenolic OH excluding ortho intramolecular Hbond substituents is 1. The van der Waals surface area contributed by atoms with Gasteiger partial charge in [0.2, 0.25) is 0 Å². The van der Waals surface area contributed by atoms with Crippen LogP contribution in [0.1, 0.15) is 5.56 Å². The second-order valence-electron chi connectivity index (χ2n) is 3.83. The lowest BCUT2D eigenvalue weighted by Crippen LogP contribution is -2.01. The zero-order valence-corrected chi connectivity index (χ0v) is 11.7. The van der Waals surface area contributed by atoms with Crippen molar-refractivity contribution in [3.63, 3.8) is 0 Å². The van der Waals surface area contributed by atoms with Gasteiger partial charge in [-0.15, -0.1) is 0 Å². The van der Waals surface area contributed by atoms with Crippen LogP contribution in [0.4, 0.5) is 14.5 Å². The van der Waals surface area contributed by atoms with E-state index in [0.717, 1.165) is 4.47 Å². The number of nitrogens with zero attached hydrogens (tertiary/aromatic N) is 1. The number of alkyl halides is 2. The van der Waals surface area contributed by atoms with Crippen LogP contribution < -0.4 is 4.74 Å². The molecule has 0 amide bonds. The van der Waals surface area contributed by atoms with Crippen molar-refractivity contribution in [1.29, 1.82) is 0 Å². The molecule has 0 aromatic heterocycles. The SMILES string of the molecule is Oc1ccc(Br)cc1C=Nc1ccc(OC(F)F)cc1. The van der Waals surface area contributed by atoms with E-state index < -0.39 is 6.61 Å². The van der Waals surface area contributed by atoms with Crippen molar-refractivity contribution in [3.05, 3.63) is 52.5 Å². The first-order valence-corrected chi connectivity index (χ1v) is 6.41. The first-order chi connectivity index (χ1) is 9.54. The number of hydrogen-bond donors (Lipinski definition) is 1. The van der Waals surface area contributed by atoms with Gasteiger partial charge in [0, 0.05) is 16.3 Å². The van der Waals surface area contributed by atoms with Gasteiger partial charge < -0.3 is 9.84 Å². The summed E-state index contributed by atoms with van der Waals surface area (Å²) in [5.41, 5.74) is 1.11. The van der Waals surface area contributed by atoms with Crippen LogP contribution in [-0.2, 0) is 0 Å². The standard InChI is InChI=1S/C14H10BrF2NO2/c15-10-1-6-13(19)9(7-10)8-18-11-2-4-12(5-3-11)20-14(16)17/h1-8,14,19H. The van der Waals surface area contributed by atoms with Gasteiger partial charge in [0.1, 0.15) is 11.5 Å². The highest BCUT2D eigenvalue weighted by Gasteiger charge is 2.03. The molecular weight excluding hydrogens is 332 g/mol. The molecule has 0 heterocycles. The first kappa shape index (κ1) is 14.5. The highest BCUT2D eigenvalue weighted by atomic mass is 79.9. The monoisotopic (exact) mass is 341 g/mol. The Balaban J connectivity index is 2.13. The zero-order chi connectivity index (χ0) is 14.5. The Hall–Kier alpha value is -1.95.